The summed E-state index contributed by atoms with van der Waals surface area (Å²) in [6, 6.07) is 6.45. The van der Waals surface area contributed by atoms with E-state index in [2.05, 4.69) is 4.98 Å². The van der Waals surface area contributed by atoms with Gasteiger partial charge in [-0.05, 0) is 12.1 Å². The number of aromatic carboxylic acids is 1. The molecule has 0 unspecified atom stereocenters. The molecule has 1 aromatic heterocycles. The number of hydrogen-bond donors (Lipinski definition) is 1. The van der Waals surface area contributed by atoms with E-state index >= 15 is 0 Å². The average molecular weight is 328 g/mol. The Morgan fingerprint density at radius 1 is 1.43 bits per heavy atom. The van der Waals surface area contributed by atoms with Crippen LogP contribution in [0.25, 0.3) is 0 Å². The Labute approximate surface area is 125 Å². The summed E-state index contributed by atoms with van der Waals surface area (Å²) in [5.41, 5.74) is 1.07. The monoisotopic (exact) mass is 328 g/mol. The fraction of sp³-hybridized carbons (Fsp3) is 0.167. The van der Waals surface area contributed by atoms with Gasteiger partial charge in [0, 0.05) is 13.1 Å². The summed E-state index contributed by atoms with van der Waals surface area (Å²) in [6.45, 7) is 0. The van der Waals surface area contributed by atoms with Crippen molar-refractivity contribution >= 4 is 33.0 Å². The molecule has 112 valence electrons. The number of ether oxygens (including phenoxy) is 1. The van der Waals surface area contributed by atoms with Gasteiger partial charge >= 0.3 is 5.97 Å². The van der Waals surface area contributed by atoms with E-state index in [0.717, 1.165) is 15.6 Å². The molecule has 1 aromatic carbocycles. The van der Waals surface area contributed by atoms with Gasteiger partial charge in [-0.15, -0.1) is 11.3 Å². The quantitative estimate of drug-likeness (QED) is 0.897. The molecule has 0 saturated heterocycles. The number of anilines is 1. The van der Waals surface area contributed by atoms with Gasteiger partial charge in [0.15, 0.2) is 9.90 Å². The standard InChI is InChI=1S/C12H12N2O5S2/c1-14(8-4-3-5-9(6-8)19-2)21(17,18)12-10(11(15)16)13-7-20-12/h3-7H,1-2H3,(H,15,16). The molecule has 0 atom stereocenters. The minimum Gasteiger partial charge on any atom is -0.497 e. The first-order valence-corrected chi connectivity index (χ1v) is 7.99. The summed E-state index contributed by atoms with van der Waals surface area (Å²) >= 11 is 0.765. The molecule has 0 fully saturated rings. The number of carbonyl (C=O) groups is 1. The summed E-state index contributed by atoms with van der Waals surface area (Å²) in [6.07, 6.45) is 0. The zero-order valence-electron chi connectivity index (χ0n) is 11.2. The molecule has 0 bridgehead atoms. The Morgan fingerprint density at radius 3 is 2.76 bits per heavy atom. The minimum atomic E-state index is -4.00. The summed E-state index contributed by atoms with van der Waals surface area (Å²) < 4.78 is 30.8. The molecule has 0 amide bonds. The fourth-order valence-corrected chi connectivity index (χ4v) is 4.11. The number of thiazole rings is 1. The lowest BCUT2D eigenvalue weighted by molar-refractivity contribution is 0.0687. The largest absolute Gasteiger partial charge is 0.497 e. The third-order valence-electron chi connectivity index (χ3n) is 2.75. The van der Waals surface area contributed by atoms with Crippen LogP contribution < -0.4 is 9.04 Å². The molecule has 1 N–H and O–H groups in total. The highest BCUT2D eigenvalue weighted by Crippen LogP contribution is 2.29. The van der Waals surface area contributed by atoms with Crippen LogP contribution in [0.15, 0.2) is 34.0 Å². The summed E-state index contributed by atoms with van der Waals surface area (Å²) in [7, 11) is -1.18. The number of carboxylic acids is 1. The number of nitrogens with zero attached hydrogens (tertiary/aromatic N) is 2. The highest BCUT2D eigenvalue weighted by atomic mass is 32.2. The first-order chi connectivity index (χ1) is 9.87. The van der Waals surface area contributed by atoms with Crippen LogP contribution in [-0.4, -0.2) is 38.6 Å². The minimum absolute atomic E-state index is 0.305. The number of hydrogen-bond acceptors (Lipinski definition) is 6. The van der Waals surface area contributed by atoms with Crippen LogP contribution in [0.1, 0.15) is 10.5 Å². The first-order valence-electron chi connectivity index (χ1n) is 5.67. The predicted molar refractivity (Wildman–Crippen MR) is 77.7 cm³/mol. The van der Waals surface area contributed by atoms with Gasteiger partial charge in [-0.2, -0.15) is 0 Å². The van der Waals surface area contributed by atoms with E-state index < -0.39 is 21.7 Å². The number of sulfonamides is 1. The van der Waals surface area contributed by atoms with E-state index in [-0.39, 0.29) is 4.21 Å². The second-order valence-corrected chi connectivity index (χ2v) is 6.99. The number of carboxylic acid groups (broad SMARTS) is 1. The molecule has 0 aliphatic heterocycles. The highest BCUT2D eigenvalue weighted by molar-refractivity contribution is 7.94. The van der Waals surface area contributed by atoms with Crippen LogP contribution in [0.4, 0.5) is 5.69 Å². The van der Waals surface area contributed by atoms with Crippen LogP contribution in [-0.2, 0) is 10.0 Å². The Balaban J connectivity index is 2.47. The molecule has 0 radical (unpaired) electrons. The molecule has 0 aliphatic rings. The first kappa shape index (κ1) is 15.3. The van der Waals surface area contributed by atoms with E-state index in [1.54, 1.807) is 24.3 Å². The van der Waals surface area contributed by atoms with Crippen molar-refractivity contribution in [2.45, 2.75) is 4.21 Å². The molecule has 0 saturated carbocycles. The third-order valence-corrected chi connectivity index (χ3v) is 5.88. The maximum absolute atomic E-state index is 12.5. The lowest BCUT2D eigenvalue weighted by Gasteiger charge is -2.19. The molecule has 9 heteroatoms. The van der Waals surface area contributed by atoms with Crippen LogP contribution in [0, 0.1) is 0 Å². The van der Waals surface area contributed by atoms with Crippen molar-refractivity contribution in [3.8, 4) is 5.75 Å². The van der Waals surface area contributed by atoms with Gasteiger partial charge in [-0.1, -0.05) is 6.07 Å². The number of aromatic nitrogens is 1. The van der Waals surface area contributed by atoms with E-state index in [1.165, 1.54) is 19.7 Å². The van der Waals surface area contributed by atoms with Crippen molar-refractivity contribution in [2.75, 3.05) is 18.5 Å². The Hall–Kier alpha value is -2.13. The van der Waals surface area contributed by atoms with Gasteiger partial charge in [0.1, 0.15) is 5.75 Å². The smallest absolute Gasteiger partial charge is 0.356 e. The molecular weight excluding hydrogens is 316 g/mol. The Bertz CT molecular complexity index is 769. The van der Waals surface area contributed by atoms with Gasteiger partial charge in [0.2, 0.25) is 0 Å². The normalized spacial score (nSPS) is 11.1. The molecule has 21 heavy (non-hydrogen) atoms. The molecule has 7 nitrogen and oxygen atoms in total. The molecular formula is C12H12N2O5S2. The van der Waals surface area contributed by atoms with Crippen LogP contribution in [0.5, 0.6) is 5.75 Å². The van der Waals surface area contributed by atoms with Crippen molar-refractivity contribution in [1.29, 1.82) is 0 Å². The van der Waals surface area contributed by atoms with E-state index in [1.807, 2.05) is 0 Å². The van der Waals surface area contributed by atoms with Crippen molar-refractivity contribution in [2.24, 2.45) is 0 Å². The average Bonchev–Trinajstić information content (AvgIpc) is 2.97. The molecule has 1 heterocycles. The van der Waals surface area contributed by atoms with Crippen LogP contribution in [0.3, 0.4) is 0 Å². The van der Waals surface area contributed by atoms with E-state index in [4.69, 9.17) is 9.84 Å². The summed E-state index contributed by atoms with van der Waals surface area (Å²) in [5.74, 6) is -0.883. The fourth-order valence-electron chi connectivity index (χ4n) is 1.63. The number of methoxy groups -OCH3 is 1. The van der Waals surface area contributed by atoms with Crippen molar-refractivity contribution in [3.05, 3.63) is 35.5 Å². The lowest BCUT2D eigenvalue weighted by atomic mass is 10.3. The molecule has 2 aromatic rings. The zero-order chi connectivity index (χ0) is 15.6. The number of rotatable bonds is 5. The van der Waals surface area contributed by atoms with Gasteiger partial charge in [-0.25, -0.2) is 18.2 Å². The van der Waals surface area contributed by atoms with E-state index in [0.29, 0.717) is 11.4 Å². The SMILES string of the molecule is COc1cccc(N(C)S(=O)(=O)c2scnc2C(=O)O)c1. The maximum atomic E-state index is 12.5. The summed E-state index contributed by atoms with van der Waals surface area (Å²) in [4.78, 5) is 14.6. The Morgan fingerprint density at radius 2 is 2.14 bits per heavy atom. The molecule has 2 rings (SSSR count). The van der Waals surface area contributed by atoms with Gasteiger partial charge in [0.05, 0.1) is 18.3 Å². The number of benzene rings is 1. The van der Waals surface area contributed by atoms with Crippen molar-refractivity contribution < 1.29 is 23.1 Å². The van der Waals surface area contributed by atoms with Gasteiger partial charge in [-0.3, -0.25) is 4.31 Å². The van der Waals surface area contributed by atoms with Crippen LogP contribution >= 0.6 is 11.3 Å². The second kappa shape index (κ2) is 5.70. The predicted octanol–water partition coefficient (Wildman–Crippen LogP) is 1.68. The van der Waals surface area contributed by atoms with Crippen LogP contribution in [0.2, 0.25) is 0 Å². The third kappa shape index (κ3) is 2.83. The zero-order valence-corrected chi connectivity index (χ0v) is 12.8. The van der Waals surface area contributed by atoms with E-state index in [9.17, 15) is 13.2 Å². The lowest BCUT2D eigenvalue weighted by Crippen LogP contribution is -2.27. The summed E-state index contributed by atoms with van der Waals surface area (Å²) in [5, 5.41) is 8.99. The maximum Gasteiger partial charge on any atom is 0.356 e. The van der Waals surface area contributed by atoms with Crippen molar-refractivity contribution in [3.63, 3.8) is 0 Å². The molecule has 0 aliphatic carbocycles. The molecule has 0 spiro atoms. The van der Waals surface area contributed by atoms with Gasteiger partial charge < -0.3 is 9.84 Å². The topological polar surface area (TPSA) is 96.8 Å². The highest BCUT2D eigenvalue weighted by Gasteiger charge is 2.30. The second-order valence-electron chi connectivity index (χ2n) is 3.97. The van der Waals surface area contributed by atoms with Gasteiger partial charge in [0.25, 0.3) is 10.0 Å². The van der Waals surface area contributed by atoms with Crippen molar-refractivity contribution in [1.82, 2.24) is 4.98 Å². The Kier molecular flexibility index (Phi) is 4.14.